The van der Waals surface area contributed by atoms with Crippen molar-refractivity contribution in [3.05, 3.63) is 45.4 Å². The van der Waals surface area contributed by atoms with Crippen molar-refractivity contribution in [3.8, 4) is 6.07 Å². The van der Waals surface area contributed by atoms with Crippen molar-refractivity contribution in [2.24, 2.45) is 0 Å². The number of benzene rings is 1. The van der Waals surface area contributed by atoms with Gasteiger partial charge >= 0.3 is 6.18 Å². The molecule has 0 atom stereocenters. The summed E-state index contributed by atoms with van der Waals surface area (Å²) in [5.41, 5.74) is -0.460. The zero-order valence-electron chi connectivity index (χ0n) is 11.2. The maximum Gasteiger partial charge on any atom is 0.416 e. The topological polar surface area (TPSA) is 48.7 Å². The summed E-state index contributed by atoms with van der Waals surface area (Å²) in [6.45, 7) is 2.43. The fourth-order valence-corrected chi connectivity index (χ4v) is 2.54. The minimum atomic E-state index is -4.45. The van der Waals surface area contributed by atoms with Crippen LogP contribution < -0.4 is 5.32 Å². The predicted octanol–water partition coefficient (Wildman–Crippen LogP) is 4.21. The molecule has 1 N–H and O–H groups in total. The second-order valence-electron chi connectivity index (χ2n) is 4.30. The van der Waals surface area contributed by atoms with Gasteiger partial charge in [0, 0.05) is 11.1 Å². The summed E-state index contributed by atoms with van der Waals surface area (Å²) in [5, 5.41) is 13.0. The van der Waals surface area contributed by atoms with E-state index in [1.54, 1.807) is 12.3 Å². The van der Waals surface area contributed by atoms with Gasteiger partial charge in [0.1, 0.15) is 6.07 Å². The molecule has 0 aliphatic carbocycles. The van der Waals surface area contributed by atoms with Crippen molar-refractivity contribution < 1.29 is 13.2 Å². The molecule has 2 aromatic rings. The van der Waals surface area contributed by atoms with Crippen LogP contribution in [0.3, 0.4) is 0 Å². The van der Waals surface area contributed by atoms with Crippen LogP contribution in [0.15, 0.2) is 24.4 Å². The molecular formula is C14H12F3N3S. The second-order valence-corrected chi connectivity index (χ2v) is 5.50. The first-order valence-corrected chi connectivity index (χ1v) is 7.04. The molecule has 1 heterocycles. The van der Waals surface area contributed by atoms with Crippen LogP contribution in [0.1, 0.15) is 27.9 Å². The molecule has 0 radical (unpaired) electrons. The van der Waals surface area contributed by atoms with E-state index in [-0.39, 0.29) is 5.56 Å². The molecule has 0 fully saturated rings. The summed E-state index contributed by atoms with van der Waals surface area (Å²) < 4.78 is 37.8. The summed E-state index contributed by atoms with van der Waals surface area (Å²) in [7, 11) is 0. The quantitative estimate of drug-likeness (QED) is 0.920. The SMILES string of the molecule is CCc1ncc(CNc2ccc(C(F)(F)F)cc2C#N)s1. The number of alkyl halides is 3. The van der Waals surface area contributed by atoms with Crippen LogP contribution in [0.4, 0.5) is 18.9 Å². The van der Waals surface area contributed by atoms with Crippen molar-refractivity contribution >= 4 is 17.0 Å². The van der Waals surface area contributed by atoms with E-state index in [2.05, 4.69) is 10.3 Å². The van der Waals surface area contributed by atoms with E-state index in [0.717, 1.165) is 28.4 Å². The first kappa shape index (κ1) is 15.3. The molecule has 1 aromatic carbocycles. The molecule has 0 aliphatic rings. The predicted molar refractivity (Wildman–Crippen MR) is 75.0 cm³/mol. The second kappa shape index (κ2) is 6.14. The lowest BCUT2D eigenvalue weighted by molar-refractivity contribution is -0.137. The molecule has 0 saturated carbocycles. The third-order valence-corrected chi connectivity index (χ3v) is 3.97. The Morgan fingerprint density at radius 2 is 2.14 bits per heavy atom. The van der Waals surface area contributed by atoms with E-state index in [4.69, 9.17) is 5.26 Å². The smallest absolute Gasteiger partial charge is 0.379 e. The highest BCUT2D eigenvalue weighted by Crippen LogP contribution is 2.31. The van der Waals surface area contributed by atoms with Crippen LogP contribution in [0.25, 0.3) is 0 Å². The Bertz CT molecular complexity index is 671. The molecule has 7 heteroatoms. The fourth-order valence-electron chi connectivity index (χ4n) is 1.74. The van der Waals surface area contributed by atoms with Gasteiger partial charge in [0.05, 0.1) is 28.4 Å². The molecular weight excluding hydrogens is 299 g/mol. The maximum absolute atomic E-state index is 12.6. The number of nitrogens with zero attached hydrogens (tertiary/aromatic N) is 2. The van der Waals surface area contributed by atoms with Crippen molar-refractivity contribution in [1.29, 1.82) is 5.26 Å². The van der Waals surface area contributed by atoms with E-state index in [1.165, 1.54) is 17.4 Å². The lowest BCUT2D eigenvalue weighted by Gasteiger charge is -2.11. The highest BCUT2D eigenvalue weighted by atomic mass is 32.1. The summed E-state index contributed by atoms with van der Waals surface area (Å²) in [6, 6.07) is 4.89. The van der Waals surface area contributed by atoms with E-state index in [0.29, 0.717) is 12.2 Å². The molecule has 3 nitrogen and oxygen atoms in total. The Labute approximate surface area is 124 Å². The van der Waals surface area contributed by atoms with Crippen LogP contribution in [-0.4, -0.2) is 4.98 Å². The normalized spacial score (nSPS) is 11.2. The van der Waals surface area contributed by atoms with E-state index in [1.807, 2.05) is 6.92 Å². The summed E-state index contributed by atoms with van der Waals surface area (Å²) in [5.74, 6) is 0. The first-order chi connectivity index (χ1) is 9.94. The minimum Gasteiger partial charge on any atom is -0.379 e. The summed E-state index contributed by atoms with van der Waals surface area (Å²) >= 11 is 1.54. The van der Waals surface area contributed by atoms with Gasteiger partial charge < -0.3 is 5.32 Å². The minimum absolute atomic E-state index is 0.0231. The molecule has 0 saturated heterocycles. The highest BCUT2D eigenvalue weighted by molar-refractivity contribution is 7.11. The third-order valence-electron chi connectivity index (χ3n) is 2.82. The van der Waals surface area contributed by atoms with Crippen LogP contribution in [0.2, 0.25) is 0 Å². The van der Waals surface area contributed by atoms with Crippen molar-refractivity contribution in [2.45, 2.75) is 26.1 Å². The van der Waals surface area contributed by atoms with Gasteiger partial charge in [0.15, 0.2) is 0 Å². The van der Waals surface area contributed by atoms with Gasteiger partial charge in [-0.15, -0.1) is 11.3 Å². The van der Waals surface area contributed by atoms with E-state index in [9.17, 15) is 13.2 Å². The molecule has 1 aromatic heterocycles. The molecule has 0 aliphatic heterocycles. The van der Waals surface area contributed by atoms with Gasteiger partial charge in [-0.1, -0.05) is 6.92 Å². The molecule has 0 bridgehead atoms. The molecule has 2 rings (SSSR count). The average molecular weight is 311 g/mol. The van der Waals surface area contributed by atoms with Crippen LogP contribution in [0.5, 0.6) is 0 Å². The zero-order chi connectivity index (χ0) is 15.5. The number of nitrogens with one attached hydrogen (secondary N) is 1. The molecule has 0 amide bonds. The van der Waals surface area contributed by atoms with E-state index >= 15 is 0 Å². The number of aryl methyl sites for hydroxylation is 1. The molecule has 110 valence electrons. The van der Waals surface area contributed by atoms with Gasteiger partial charge in [0.2, 0.25) is 0 Å². The van der Waals surface area contributed by atoms with Gasteiger partial charge in [-0.2, -0.15) is 18.4 Å². The Morgan fingerprint density at radius 3 is 2.71 bits per heavy atom. The largest absolute Gasteiger partial charge is 0.416 e. The van der Waals surface area contributed by atoms with Gasteiger partial charge in [-0.25, -0.2) is 4.98 Å². The summed E-state index contributed by atoms with van der Waals surface area (Å²) in [6.07, 6.45) is -1.88. The average Bonchev–Trinajstić information content (AvgIpc) is 2.92. The Kier molecular flexibility index (Phi) is 4.48. The Hall–Kier alpha value is -2.07. The maximum atomic E-state index is 12.6. The lowest BCUT2D eigenvalue weighted by Crippen LogP contribution is -2.07. The lowest BCUT2D eigenvalue weighted by atomic mass is 10.1. The fraction of sp³-hybridized carbons (Fsp3) is 0.286. The van der Waals surface area contributed by atoms with Gasteiger partial charge in [-0.05, 0) is 24.6 Å². The Balaban J connectivity index is 2.15. The number of thiazole rings is 1. The number of hydrogen-bond acceptors (Lipinski definition) is 4. The third kappa shape index (κ3) is 3.73. The van der Waals surface area contributed by atoms with Crippen molar-refractivity contribution in [3.63, 3.8) is 0 Å². The van der Waals surface area contributed by atoms with Crippen molar-refractivity contribution in [2.75, 3.05) is 5.32 Å². The van der Waals surface area contributed by atoms with Crippen LogP contribution >= 0.6 is 11.3 Å². The highest BCUT2D eigenvalue weighted by Gasteiger charge is 2.31. The van der Waals surface area contributed by atoms with Gasteiger partial charge in [-0.3, -0.25) is 0 Å². The standard InChI is InChI=1S/C14H12F3N3S/c1-2-13-20-8-11(21-13)7-19-12-4-3-10(14(15,16)17)5-9(12)6-18/h3-5,8,19H,2,7H2,1H3. The van der Waals surface area contributed by atoms with Crippen LogP contribution in [-0.2, 0) is 19.1 Å². The first-order valence-electron chi connectivity index (χ1n) is 6.23. The zero-order valence-corrected chi connectivity index (χ0v) is 12.0. The monoisotopic (exact) mass is 311 g/mol. The number of nitriles is 1. The van der Waals surface area contributed by atoms with Crippen LogP contribution in [0, 0.1) is 11.3 Å². The number of hydrogen-bond donors (Lipinski definition) is 1. The number of aromatic nitrogens is 1. The van der Waals surface area contributed by atoms with E-state index < -0.39 is 11.7 Å². The number of halogens is 3. The summed E-state index contributed by atoms with van der Waals surface area (Å²) in [4.78, 5) is 5.17. The van der Waals surface area contributed by atoms with Gasteiger partial charge in [0.25, 0.3) is 0 Å². The molecule has 0 spiro atoms. The molecule has 0 unspecified atom stereocenters. The Morgan fingerprint density at radius 1 is 1.38 bits per heavy atom. The van der Waals surface area contributed by atoms with Crippen molar-refractivity contribution in [1.82, 2.24) is 4.98 Å². The number of rotatable bonds is 4. The number of anilines is 1. The molecule has 21 heavy (non-hydrogen) atoms.